The predicted octanol–water partition coefficient (Wildman–Crippen LogP) is 2.51. The zero-order valence-electron chi connectivity index (χ0n) is 24.0. The van der Waals surface area contributed by atoms with Gasteiger partial charge in [-0.15, -0.1) is 0 Å². The van der Waals surface area contributed by atoms with Crippen LogP contribution < -0.4 is 15.4 Å². The number of hydrogen-bond donors (Lipinski definition) is 3. The zero-order chi connectivity index (χ0) is 29.3. The Hall–Kier alpha value is -2.63. The number of hydrogen-bond acceptors (Lipinski definition) is 7. The molecule has 4 rings (SSSR count). The van der Waals surface area contributed by atoms with E-state index in [1.54, 1.807) is 20.8 Å². The number of ether oxygens (including phenoxy) is 1. The molecule has 0 unspecified atom stereocenters. The monoisotopic (exact) mass is 580 g/mol. The highest BCUT2D eigenvalue weighted by Gasteiger charge is 2.62. The summed E-state index contributed by atoms with van der Waals surface area (Å²) in [5, 5.41) is 5.03. The van der Waals surface area contributed by atoms with Gasteiger partial charge >= 0.3 is 6.09 Å². The number of nitrogens with zero attached hydrogens (tertiary/aromatic N) is 1. The lowest BCUT2D eigenvalue weighted by Gasteiger charge is -2.30. The Labute approximate surface area is 237 Å². The molecule has 0 spiro atoms. The third-order valence-corrected chi connectivity index (χ3v) is 10.1. The third-order valence-electron chi connectivity index (χ3n) is 8.24. The number of nitrogens with one attached hydrogen (secondary N) is 3. The van der Waals surface area contributed by atoms with Gasteiger partial charge in [0, 0.05) is 12.5 Å². The molecular formula is C28H44N4O7S. The maximum absolute atomic E-state index is 13.9. The van der Waals surface area contributed by atoms with Crippen LogP contribution in [0.1, 0.15) is 91.9 Å². The van der Waals surface area contributed by atoms with Crippen LogP contribution in [0.5, 0.6) is 0 Å². The quantitative estimate of drug-likeness (QED) is 0.423. The van der Waals surface area contributed by atoms with E-state index in [9.17, 15) is 27.6 Å². The molecule has 0 aromatic carbocycles. The molecule has 0 aromatic rings. The van der Waals surface area contributed by atoms with Crippen LogP contribution >= 0.6 is 0 Å². The van der Waals surface area contributed by atoms with Crippen molar-refractivity contribution < 1.29 is 32.3 Å². The molecular weight excluding hydrogens is 536 g/mol. The van der Waals surface area contributed by atoms with Gasteiger partial charge in [0.25, 0.3) is 5.91 Å². The smallest absolute Gasteiger partial charge is 0.408 e. The van der Waals surface area contributed by atoms with Crippen molar-refractivity contribution in [1.29, 1.82) is 0 Å². The van der Waals surface area contributed by atoms with Gasteiger partial charge in [0.1, 0.15) is 23.2 Å². The van der Waals surface area contributed by atoms with Crippen molar-refractivity contribution in [3.8, 4) is 0 Å². The van der Waals surface area contributed by atoms with E-state index < -0.39 is 56.4 Å². The fourth-order valence-electron chi connectivity index (χ4n) is 5.63. The molecule has 1 saturated heterocycles. The van der Waals surface area contributed by atoms with Crippen molar-refractivity contribution >= 4 is 33.8 Å². The maximum atomic E-state index is 13.9. The minimum Gasteiger partial charge on any atom is -0.444 e. The van der Waals surface area contributed by atoms with Gasteiger partial charge in [-0.25, -0.2) is 13.2 Å². The maximum Gasteiger partial charge on any atom is 0.408 e. The fraction of sp³-hybridized carbons (Fsp3) is 0.786. The average Bonchev–Trinajstić information content (AvgIpc) is 3.77. The molecule has 11 nitrogen and oxygen atoms in total. The van der Waals surface area contributed by atoms with E-state index in [0.717, 1.165) is 25.7 Å². The highest BCUT2D eigenvalue weighted by Crippen LogP contribution is 2.46. The SMILES string of the molecule is CC[C@@H]1C[C@H]2C(=O)N[C@]3(C(=O)NS(=O)(=O)C4CC4)C[C@H]3C=CCCCCC[C@H](NC(=O)OC(C)(C)C)C(=O)N2C1. The normalized spacial score (nSPS) is 31.6. The first-order valence-corrected chi connectivity index (χ1v) is 16.1. The zero-order valence-corrected chi connectivity index (χ0v) is 24.8. The van der Waals surface area contributed by atoms with Crippen molar-refractivity contribution in [2.24, 2.45) is 11.8 Å². The van der Waals surface area contributed by atoms with Gasteiger partial charge in [0.2, 0.25) is 21.8 Å². The van der Waals surface area contributed by atoms with Gasteiger partial charge in [-0.2, -0.15) is 0 Å². The molecule has 4 amide bonds. The number of carbonyl (C=O) groups is 4. The number of alkyl carbamates (subject to hydrolysis) is 1. The molecule has 2 heterocycles. The minimum absolute atomic E-state index is 0.0793. The Kier molecular flexibility index (Phi) is 8.87. The summed E-state index contributed by atoms with van der Waals surface area (Å²) in [6, 6.07) is -1.68. The standard InChI is InChI=1S/C28H44N4O7S/c1-5-18-15-22-23(33)30-28(25(35)31-40(37,38)20-13-14-20)16-19(28)11-9-7-6-8-10-12-21(24(34)32(22)17-18)29-26(36)39-27(2,3)4/h9,11,18-22H,5-8,10,12-17H2,1-4H3,(H,29,36)(H,30,33)(H,31,35)/t18-,19-,21+,22+,28-/m1/s1. The number of carbonyl (C=O) groups excluding carboxylic acids is 4. The molecule has 12 heteroatoms. The van der Waals surface area contributed by atoms with E-state index in [4.69, 9.17) is 4.74 Å². The lowest BCUT2D eigenvalue weighted by Crippen LogP contribution is -2.58. The lowest BCUT2D eigenvalue weighted by molar-refractivity contribution is -0.141. The molecule has 0 radical (unpaired) electrons. The molecule has 224 valence electrons. The van der Waals surface area contributed by atoms with E-state index in [1.807, 2.05) is 19.1 Å². The summed E-state index contributed by atoms with van der Waals surface area (Å²) in [6.45, 7) is 7.60. The van der Waals surface area contributed by atoms with Crippen LogP contribution in [0.3, 0.4) is 0 Å². The molecule has 4 aliphatic rings. The first-order valence-electron chi connectivity index (χ1n) is 14.6. The van der Waals surface area contributed by atoms with Crippen LogP contribution in [0, 0.1) is 11.8 Å². The Morgan fingerprint density at radius 1 is 1.15 bits per heavy atom. The fourth-order valence-corrected chi connectivity index (χ4v) is 7.00. The van der Waals surface area contributed by atoms with E-state index in [2.05, 4.69) is 15.4 Å². The molecule has 2 aliphatic carbocycles. The van der Waals surface area contributed by atoms with Gasteiger partial charge in [-0.05, 0) is 71.6 Å². The van der Waals surface area contributed by atoms with E-state index in [1.165, 1.54) is 4.90 Å². The molecule has 3 N–H and O–H groups in total. The van der Waals surface area contributed by atoms with Gasteiger partial charge < -0.3 is 20.3 Å². The first-order chi connectivity index (χ1) is 18.8. The molecule has 5 atom stereocenters. The Morgan fingerprint density at radius 2 is 1.88 bits per heavy atom. The second kappa shape index (κ2) is 11.7. The van der Waals surface area contributed by atoms with Crippen LogP contribution in [0.25, 0.3) is 0 Å². The molecule has 2 saturated carbocycles. The van der Waals surface area contributed by atoms with Crippen LogP contribution in [-0.4, -0.2) is 72.2 Å². The minimum atomic E-state index is -3.79. The highest BCUT2D eigenvalue weighted by molar-refractivity contribution is 7.91. The lowest BCUT2D eigenvalue weighted by atomic mass is 10.0. The van der Waals surface area contributed by atoms with Crippen molar-refractivity contribution in [2.45, 2.75) is 120 Å². The van der Waals surface area contributed by atoms with E-state index >= 15 is 0 Å². The van der Waals surface area contributed by atoms with Crippen molar-refractivity contribution in [1.82, 2.24) is 20.3 Å². The van der Waals surface area contributed by atoms with Gasteiger partial charge in [0.15, 0.2) is 0 Å². The molecule has 2 aliphatic heterocycles. The average molecular weight is 581 g/mol. The van der Waals surface area contributed by atoms with Gasteiger partial charge in [0.05, 0.1) is 5.25 Å². The summed E-state index contributed by atoms with van der Waals surface area (Å²) in [7, 11) is -3.79. The van der Waals surface area contributed by atoms with E-state index in [0.29, 0.717) is 45.1 Å². The Balaban J connectivity index is 1.58. The number of sulfonamides is 1. The van der Waals surface area contributed by atoms with E-state index in [-0.39, 0.29) is 17.7 Å². The van der Waals surface area contributed by atoms with Gasteiger partial charge in [-0.3, -0.25) is 19.1 Å². The summed E-state index contributed by atoms with van der Waals surface area (Å²) in [6.07, 6.45) is 9.22. The van der Waals surface area contributed by atoms with Crippen molar-refractivity contribution in [3.05, 3.63) is 12.2 Å². The summed E-state index contributed by atoms with van der Waals surface area (Å²) in [5.74, 6) is -1.80. The predicted molar refractivity (Wildman–Crippen MR) is 148 cm³/mol. The summed E-state index contributed by atoms with van der Waals surface area (Å²) >= 11 is 0. The Bertz CT molecular complexity index is 1140. The summed E-state index contributed by atoms with van der Waals surface area (Å²) in [4.78, 5) is 55.1. The first kappa shape index (κ1) is 30.3. The molecule has 40 heavy (non-hydrogen) atoms. The van der Waals surface area contributed by atoms with Crippen LogP contribution in [0.2, 0.25) is 0 Å². The number of amides is 4. The second-order valence-corrected chi connectivity index (χ2v) is 14.7. The van der Waals surface area contributed by atoms with Gasteiger partial charge in [-0.1, -0.05) is 38.3 Å². The second-order valence-electron chi connectivity index (χ2n) is 12.7. The molecule has 3 fully saturated rings. The third kappa shape index (κ3) is 7.16. The number of allylic oxidation sites excluding steroid dienone is 1. The van der Waals surface area contributed by atoms with Crippen molar-refractivity contribution in [3.63, 3.8) is 0 Å². The highest BCUT2D eigenvalue weighted by atomic mass is 32.2. The van der Waals surface area contributed by atoms with Crippen molar-refractivity contribution in [2.75, 3.05) is 6.54 Å². The Morgan fingerprint density at radius 3 is 2.52 bits per heavy atom. The van der Waals surface area contributed by atoms with Crippen LogP contribution in [-0.2, 0) is 29.1 Å². The number of fused-ring (bicyclic) bond motifs is 2. The summed E-state index contributed by atoms with van der Waals surface area (Å²) in [5.41, 5.74) is -2.10. The molecule has 0 bridgehead atoms. The topological polar surface area (TPSA) is 151 Å². The molecule has 0 aromatic heterocycles. The summed E-state index contributed by atoms with van der Waals surface area (Å²) < 4.78 is 32.7. The number of rotatable bonds is 5. The van der Waals surface area contributed by atoms with Crippen LogP contribution in [0.15, 0.2) is 12.2 Å². The largest absolute Gasteiger partial charge is 0.444 e. The van der Waals surface area contributed by atoms with Crippen LogP contribution in [0.4, 0.5) is 4.79 Å².